The van der Waals surface area contributed by atoms with Crippen molar-refractivity contribution in [3.8, 4) is 17.2 Å². The largest absolute Gasteiger partial charge is 0.494 e. The molecule has 3 rings (SSSR count). The van der Waals surface area contributed by atoms with Crippen molar-refractivity contribution in [2.45, 2.75) is 27.2 Å². The van der Waals surface area contributed by atoms with E-state index in [0.717, 1.165) is 12.0 Å². The summed E-state index contributed by atoms with van der Waals surface area (Å²) in [6.45, 7) is 6.67. The minimum absolute atomic E-state index is 0.233. The van der Waals surface area contributed by atoms with Gasteiger partial charge in [-0.2, -0.15) is 5.10 Å². The molecule has 0 unspecified atom stereocenters. The number of nitrogens with one attached hydrogen (secondary N) is 2. The molecule has 0 bridgehead atoms. The number of hydrogen-bond acceptors (Lipinski definition) is 7. The van der Waals surface area contributed by atoms with Crippen LogP contribution in [0.2, 0.25) is 0 Å². The fraction of sp³-hybridized carbons (Fsp3) is 0.214. The van der Waals surface area contributed by atoms with E-state index < -0.39 is 17.8 Å². The third-order valence-electron chi connectivity index (χ3n) is 4.93. The number of ether oxygens (including phenoxy) is 3. The number of nitrogens with zero attached hydrogens (tertiary/aromatic N) is 1. The Morgan fingerprint density at radius 1 is 0.865 bits per heavy atom. The monoisotopic (exact) mass is 503 g/mol. The summed E-state index contributed by atoms with van der Waals surface area (Å²) < 4.78 is 16.7. The molecule has 2 amide bonds. The molecule has 9 heteroatoms. The van der Waals surface area contributed by atoms with Crippen LogP contribution in [-0.2, 0) is 9.59 Å². The predicted octanol–water partition coefficient (Wildman–Crippen LogP) is 4.49. The molecule has 0 aliphatic rings. The van der Waals surface area contributed by atoms with Crippen molar-refractivity contribution in [2.24, 2.45) is 5.10 Å². The van der Waals surface area contributed by atoms with E-state index >= 15 is 0 Å². The number of benzene rings is 3. The first-order chi connectivity index (χ1) is 17.9. The molecule has 0 saturated carbocycles. The number of carbonyl (C=O) groups is 3. The maximum Gasteiger partial charge on any atom is 0.343 e. The van der Waals surface area contributed by atoms with E-state index in [-0.39, 0.29) is 5.75 Å². The minimum Gasteiger partial charge on any atom is -0.494 e. The van der Waals surface area contributed by atoms with Crippen molar-refractivity contribution in [1.29, 1.82) is 0 Å². The van der Waals surface area contributed by atoms with Crippen LogP contribution < -0.4 is 25.0 Å². The highest BCUT2D eigenvalue weighted by Gasteiger charge is 2.15. The number of esters is 1. The number of hydrogen-bond donors (Lipinski definition) is 2. The Hall–Kier alpha value is -4.66. The van der Waals surface area contributed by atoms with Gasteiger partial charge in [0.25, 0.3) is 0 Å². The van der Waals surface area contributed by atoms with E-state index in [0.29, 0.717) is 41.5 Å². The Morgan fingerprint density at radius 2 is 1.59 bits per heavy atom. The van der Waals surface area contributed by atoms with Gasteiger partial charge >= 0.3 is 17.8 Å². The fourth-order valence-corrected chi connectivity index (χ4v) is 3.06. The molecule has 0 heterocycles. The SMILES string of the molecule is CCCOc1ccc(C(=O)Oc2ccc(/C=N\NC(=O)C(=O)Nc3ccc(C)cc3)cc2OCC)cc1. The maximum absolute atomic E-state index is 12.6. The lowest BCUT2D eigenvalue weighted by molar-refractivity contribution is -0.136. The number of anilines is 1. The number of hydrazone groups is 1. The predicted molar refractivity (Wildman–Crippen MR) is 140 cm³/mol. The zero-order valence-electron chi connectivity index (χ0n) is 20.9. The maximum atomic E-state index is 12.6. The number of carbonyl (C=O) groups excluding carboxylic acids is 3. The number of amides is 2. The quantitative estimate of drug-likeness (QED) is 0.138. The standard InChI is InChI=1S/C28H29N3O6/c1-4-16-36-23-13-9-21(10-14-23)28(34)37-24-15-8-20(17-25(24)35-5-2)18-29-31-27(33)26(32)30-22-11-6-19(3)7-12-22/h6-15,17-18H,4-5,16H2,1-3H3,(H,30,32)(H,31,33)/b29-18-. The molecule has 0 atom stereocenters. The van der Waals surface area contributed by atoms with Crippen molar-refractivity contribution in [3.05, 3.63) is 83.4 Å². The van der Waals surface area contributed by atoms with Crippen LogP contribution in [0.3, 0.4) is 0 Å². The molecule has 3 aromatic carbocycles. The Kier molecular flexibility index (Phi) is 9.78. The molecule has 2 N–H and O–H groups in total. The third-order valence-corrected chi connectivity index (χ3v) is 4.93. The van der Waals surface area contributed by atoms with Gasteiger partial charge in [-0.3, -0.25) is 9.59 Å². The van der Waals surface area contributed by atoms with Crippen molar-refractivity contribution in [2.75, 3.05) is 18.5 Å². The van der Waals surface area contributed by atoms with Gasteiger partial charge in [0.15, 0.2) is 11.5 Å². The van der Waals surface area contributed by atoms with Gasteiger partial charge in [0.2, 0.25) is 0 Å². The van der Waals surface area contributed by atoms with Crippen LogP contribution in [-0.4, -0.2) is 37.2 Å². The molecule has 9 nitrogen and oxygen atoms in total. The fourth-order valence-electron chi connectivity index (χ4n) is 3.06. The van der Waals surface area contributed by atoms with Crippen molar-refractivity contribution >= 4 is 29.7 Å². The molecule has 0 fully saturated rings. The van der Waals surface area contributed by atoms with E-state index in [9.17, 15) is 14.4 Å². The second-order valence-electron chi connectivity index (χ2n) is 7.92. The Balaban J connectivity index is 1.60. The molecular weight excluding hydrogens is 474 g/mol. The topological polar surface area (TPSA) is 115 Å². The molecular formula is C28H29N3O6. The van der Waals surface area contributed by atoms with E-state index in [2.05, 4.69) is 15.8 Å². The first-order valence-corrected chi connectivity index (χ1v) is 11.8. The molecule has 0 aliphatic carbocycles. The van der Waals surface area contributed by atoms with Crippen LogP contribution in [0.5, 0.6) is 17.2 Å². The van der Waals surface area contributed by atoms with Crippen LogP contribution in [0.25, 0.3) is 0 Å². The average molecular weight is 504 g/mol. The Bertz CT molecular complexity index is 1250. The van der Waals surface area contributed by atoms with Crippen LogP contribution in [0.4, 0.5) is 5.69 Å². The number of aryl methyl sites for hydroxylation is 1. The van der Waals surface area contributed by atoms with Gasteiger partial charge in [-0.15, -0.1) is 0 Å². The van der Waals surface area contributed by atoms with Crippen LogP contribution in [0, 0.1) is 6.92 Å². The highest BCUT2D eigenvalue weighted by molar-refractivity contribution is 6.39. The van der Waals surface area contributed by atoms with E-state index in [1.54, 1.807) is 61.5 Å². The second-order valence-corrected chi connectivity index (χ2v) is 7.92. The van der Waals surface area contributed by atoms with Gasteiger partial charge < -0.3 is 19.5 Å². The van der Waals surface area contributed by atoms with Crippen LogP contribution in [0.1, 0.15) is 41.8 Å². The van der Waals surface area contributed by atoms with Crippen molar-refractivity contribution in [1.82, 2.24) is 5.43 Å². The minimum atomic E-state index is -0.918. The Labute approximate surface area is 215 Å². The summed E-state index contributed by atoms with van der Waals surface area (Å²) in [5, 5.41) is 6.32. The normalized spacial score (nSPS) is 10.6. The second kappa shape index (κ2) is 13.4. The lowest BCUT2D eigenvalue weighted by Gasteiger charge is -2.12. The van der Waals surface area contributed by atoms with Gasteiger partial charge in [-0.1, -0.05) is 24.6 Å². The summed E-state index contributed by atoms with van der Waals surface area (Å²) >= 11 is 0. The molecule has 37 heavy (non-hydrogen) atoms. The molecule has 0 saturated heterocycles. The average Bonchev–Trinajstić information content (AvgIpc) is 2.90. The summed E-state index contributed by atoms with van der Waals surface area (Å²) in [6, 6.07) is 18.5. The summed E-state index contributed by atoms with van der Waals surface area (Å²) in [5.74, 6) is -1.07. The third kappa shape index (κ3) is 8.21. The summed E-state index contributed by atoms with van der Waals surface area (Å²) in [6.07, 6.45) is 2.24. The number of rotatable bonds is 10. The van der Waals surface area contributed by atoms with Crippen molar-refractivity contribution < 1.29 is 28.6 Å². The first-order valence-electron chi connectivity index (χ1n) is 11.8. The Morgan fingerprint density at radius 3 is 2.27 bits per heavy atom. The van der Waals surface area contributed by atoms with Crippen LogP contribution >= 0.6 is 0 Å². The van der Waals surface area contributed by atoms with Crippen molar-refractivity contribution in [3.63, 3.8) is 0 Å². The smallest absolute Gasteiger partial charge is 0.343 e. The van der Waals surface area contributed by atoms with Gasteiger partial charge in [0.1, 0.15) is 5.75 Å². The highest BCUT2D eigenvalue weighted by Crippen LogP contribution is 2.29. The van der Waals surface area contributed by atoms with E-state index in [4.69, 9.17) is 14.2 Å². The van der Waals surface area contributed by atoms with Gasteiger partial charge in [-0.05, 0) is 80.4 Å². The van der Waals surface area contributed by atoms with Gasteiger partial charge in [-0.25, -0.2) is 10.2 Å². The first kappa shape index (κ1) is 26.9. The lowest BCUT2D eigenvalue weighted by Crippen LogP contribution is -2.32. The molecule has 192 valence electrons. The molecule has 0 aromatic heterocycles. The molecule has 0 aliphatic heterocycles. The molecule has 3 aromatic rings. The van der Waals surface area contributed by atoms with E-state index in [1.165, 1.54) is 6.21 Å². The highest BCUT2D eigenvalue weighted by atomic mass is 16.6. The van der Waals surface area contributed by atoms with Crippen LogP contribution in [0.15, 0.2) is 71.8 Å². The summed E-state index contributed by atoms with van der Waals surface area (Å²) in [5.41, 5.74) is 4.64. The summed E-state index contributed by atoms with van der Waals surface area (Å²) in [4.78, 5) is 36.7. The van der Waals surface area contributed by atoms with E-state index in [1.807, 2.05) is 26.0 Å². The zero-order chi connectivity index (χ0) is 26.6. The van der Waals surface area contributed by atoms with Gasteiger partial charge in [0, 0.05) is 5.69 Å². The lowest BCUT2D eigenvalue weighted by atomic mass is 10.2. The van der Waals surface area contributed by atoms with Gasteiger partial charge in [0.05, 0.1) is 25.0 Å². The molecule has 0 radical (unpaired) electrons. The zero-order valence-corrected chi connectivity index (χ0v) is 20.9. The molecule has 0 spiro atoms. The summed E-state index contributed by atoms with van der Waals surface area (Å²) in [7, 11) is 0.